The molecule has 7 heteroatoms. The van der Waals surface area contributed by atoms with Crippen LogP contribution in [0, 0.1) is 32.5 Å². The number of carbonyl (C=O) groups excluding carboxylic acids is 3. The van der Waals surface area contributed by atoms with Gasteiger partial charge in [0, 0.05) is 50.4 Å². The minimum absolute atomic E-state index is 0.0231. The molecule has 2 aliphatic heterocycles. The summed E-state index contributed by atoms with van der Waals surface area (Å²) in [5.41, 5.74) is 3.60. The molecule has 2 saturated heterocycles. The highest BCUT2D eigenvalue weighted by Gasteiger charge is 2.33. The summed E-state index contributed by atoms with van der Waals surface area (Å²) in [6.45, 7) is 8.42. The van der Waals surface area contributed by atoms with E-state index in [0.29, 0.717) is 56.0 Å². The summed E-state index contributed by atoms with van der Waals surface area (Å²) >= 11 is 0. The molecular weight excluding hydrogens is 433 g/mol. The summed E-state index contributed by atoms with van der Waals surface area (Å²) < 4.78 is 13.9. The first-order valence-electron chi connectivity index (χ1n) is 11.9. The van der Waals surface area contributed by atoms with Crippen molar-refractivity contribution in [2.45, 2.75) is 33.6 Å². The van der Waals surface area contributed by atoms with E-state index < -0.39 is 5.82 Å². The molecule has 6 nitrogen and oxygen atoms in total. The lowest BCUT2D eigenvalue weighted by Crippen LogP contribution is -2.54. The number of hydrogen-bond acceptors (Lipinski definition) is 3. The molecule has 180 valence electrons. The molecular formula is C27H32FN3O3. The van der Waals surface area contributed by atoms with Crippen LogP contribution in [0.4, 0.5) is 4.39 Å². The molecule has 0 spiro atoms. The molecule has 1 unspecified atom stereocenters. The van der Waals surface area contributed by atoms with Crippen molar-refractivity contribution in [3.05, 3.63) is 70.0 Å². The van der Waals surface area contributed by atoms with Crippen LogP contribution in [0.2, 0.25) is 0 Å². The fourth-order valence-electron chi connectivity index (χ4n) is 4.94. The van der Waals surface area contributed by atoms with Crippen molar-refractivity contribution in [2.75, 3.05) is 39.3 Å². The SMILES string of the molecule is Cc1cc(C)cc(C(=O)N2CCCC(C(=O)N3CCN(C(=O)c4ccc(C)c(F)c4)CC3)C2)c1. The zero-order valence-corrected chi connectivity index (χ0v) is 20.1. The zero-order chi connectivity index (χ0) is 24.4. The number of piperazine rings is 1. The lowest BCUT2D eigenvalue weighted by molar-refractivity contribution is -0.138. The molecule has 3 amide bonds. The van der Waals surface area contributed by atoms with Crippen LogP contribution in [0.5, 0.6) is 0 Å². The number of carbonyl (C=O) groups is 3. The van der Waals surface area contributed by atoms with E-state index in [4.69, 9.17) is 0 Å². The third-order valence-electron chi connectivity index (χ3n) is 6.82. The van der Waals surface area contributed by atoms with Crippen LogP contribution in [-0.2, 0) is 4.79 Å². The molecule has 0 saturated carbocycles. The third-order valence-corrected chi connectivity index (χ3v) is 6.82. The van der Waals surface area contributed by atoms with E-state index in [0.717, 1.165) is 24.0 Å². The molecule has 0 bridgehead atoms. The molecule has 2 aromatic rings. The molecule has 0 aromatic heterocycles. The predicted octanol–water partition coefficient (Wildman–Crippen LogP) is 3.59. The summed E-state index contributed by atoms with van der Waals surface area (Å²) in [6, 6.07) is 10.4. The van der Waals surface area contributed by atoms with Crippen LogP contribution in [-0.4, -0.2) is 71.7 Å². The Balaban J connectivity index is 1.35. The van der Waals surface area contributed by atoms with Gasteiger partial charge >= 0.3 is 0 Å². The van der Waals surface area contributed by atoms with Crippen LogP contribution in [0.1, 0.15) is 50.2 Å². The van der Waals surface area contributed by atoms with Gasteiger partial charge in [-0.2, -0.15) is 0 Å². The van der Waals surface area contributed by atoms with Crippen LogP contribution in [0.15, 0.2) is 36.4 Å². The summed E-state index contributed by atoms with van der Waals surface area (Å²) in [7, 11) is 0. The molecule has 1 atom stereocenters. The van der Waals surface area contributed by atoms with Gasteiger partial charge in [0.15, 0.2) is 0 Å². The van der Waals surface area contributed by atoms with E-state index in [-0.39, 0.29) is 23.6 Å². The summed E-state index contributed by atoms with van der Waals surface area (Å²) in [4.78, 5) is 44.3. The minimum Gasteiger partial charge on any atom is -0.339 e. The van der Waals surface area contributed by atoms with Gasteiger partial charge in [-0.15, -0.1) is 0 Å². The van der Waals surface area contributed by atoms with E-state index >= 15 is 0 Å². The minimum atomic E-state index is -0.392. The molecule has 2 aromatic carbocycles. The first-order chi connectivity index (χ1) is 16.2. The molecule has 4 rings (SSSR count). The van der Waals surface area contributed by atoms with Crippen molar-refractivity contribution in [1.82, 2.24) is 14.7 Å². The normalized spacial score (nSPS) is 18.7. The molecule has 34 heavy (non-hydrogen) atoms. The Bertz CT molecular complexity index is 1090. The van der Waals surface area contributed by atoms with E-state index in [1.807, 2.05) is 32.0 Å². The van der Waals surface area contributed by atoms with Gasteiger partial charge in [0.1, 0.15) is 5.82 Å². The second-order valence-corrected chi connectivity index (χ2v) is 9.55. The van der Waals surface area contributed by atoms with Gasteiger partial charge in [-0.1, -0.05) is 23.3 Å². The predicted molar refractivity (Wildman–Crippen MR) is 128 cm³/mol. The Labute approximate surface area is 200 Å². The number of hydrogen-bond donors (Lipinski definition) is 0. The van der Waals surface area contributed by atoms with Crippen LogP contribution >= 0.6 is 0 Å². The smallest absolute Gasteiger partial charge is 0.254 e. The molecule has 0 radical (unpaired) electrons. The Hall–Kier alpha value is -3.22. The third kappa shape index (κ3) is 5.13. The molecule has 0 aliphatic carbocycles. The summed E-state index contributed by atoms with van der Waals surface area (Å²) in [5, 5.41) is 0. The largest absolute Gasteiger partial charge is 0.339 e. The average molecular weight is 466 g/mol. The van der Waals surface area contributed by atoms with Crippen molar-refractivity contribution >= 4 is 17.7 Å². The number of nitrogens with zero attached hydrogens (tertiary/aromatic N) is 3. The highest BCUT2D eigenvalue weighted by atomic mass is 19.1. The number of aryl methyl sites for hydroxylation is 3. The van der Waals surface area contributed by atoms with E-state index in [9.17, 15) is 18.8 Å². The van der Waals surface area contributed by atoms with Crippen LogP contribution in [0.25, 0.3) is 0 Å². The fraction of sp³-hybridized carbons (Fsp3) is 0.444. The number of halogens is 1. The Morgan fingerprint density at radius 3 is 2.03 bits per heavy atom. The van der Waals surface area contributed by atoms with Crippen molar-refractivity contribution in [2.24, 2.45) is 5.92 Å². The van der Waals surface area contributed by atoms with Gasteiger partial charge in [0.25, 0.3) is 11.8 Å². The molecule has 2 aliphatic rings. The summed E-state index contributed by atoms with van der Waals surface area (Å²) in [5.74, 6) is -0.806. The Morgan fingerprint density at radius 2 is 1.38 bits per heavy atom. The number of benzene rings is 2. The quantitative estimate of drug-likeness (QED) is 0.696. The fourth-order valence-corrected chi connectivity index (χ4v) is 4.94. The number of rotatable bonds is 3. The van der Waals surface area contributed by atoms with Crippen molar-refractivity contribution in [1.29, 1.82) is 0 Å². The molecule has 0 N–H and O–H groups in total. The van der Waals surface area contributed by atoms with Crippen LogP contribution < -0.4 is 0 Å². The zero-order valence-electron chi connectivity index (χ0n) is 20.1. The second-order valence-electron chi connectivity index (χ2n) is 9.55. The molecule has 2 heterocycles. The van der Waals surface area contributed by atoms with Gasteiger partial charge in [-0.3, -0.25) is 14.4 Å². The monoisotopic (exact) mass is 465 g/mol. The van der Waals surface area contributed by atoms with Gasteiger partial charge in [0.05, 0.1) is 5.92 Å². The Morgan fingerprint density at radius 1 is 0.765 bits per heavy atom. The number of amides is 3. The van der Waals surface area contributed by atoms with Gasteiger partial charge in [0.2, 0.25) is 5.91 Å². The highest BCUT2D eigenvalue weighted by Crippen LogP contribution is 2.23. The maximum absolute atomic E-state index is 13.9. The van der Waals surface area contributed by atoms with Crippen molar-refractivity contribution in [3.8, 4) is 0 Å². The standard InChI is InChI=1S/C27H32FN3O3/c1-18-13-19(2)15-23(14-18)27(34)31-8-4-5-22(17-31)26(33)30-11-9-29(10-12-30)25(32)21-7-6-20(3)24(28)16-21/h6-7,13-16,22H,4-5,8-12,17H2,1-3H3. The van der Waals surface area contributed by atoms with Crippen LogP contribution in [0.3, 0.4) is 0 Å². The lowest BCUT2D eigenvalue weighted by Gasteiger charge is -2.39. The average Bonchev–Trinajstić information content (AvgIpc) is 2.84. The maximum Gasteiger partial charge on any atom is 0.254 e. The number of piperidine rings is 1. The summed E-state index contributed by atoms with van der Waals surface area (Å²) in [6.07, 6.45) is 1.56. The van der Waals surface area contributed by atoms with E-state index in [2.05, 4.69) is 0 Å². The van der Waals surface area contributed by atoms with Gasteiger partial charge < -0.3 is 14.7 Å². The van der Waals surface area contributed by atoms with Gasteiger partial charge in [-0.05, 0) is 63.4 Å². The lowest BCUT2D eigenvalue weighted by atomic mass is 9.95. The van der Waals surface area contributed by atoms with Crippen molar-refractivity contribution in [3.63, 3.8) is 0 Å². The highest BCUT2D eigenvalue weighted by molar-refractivity contribution is 5.95. The van der Waals surface area contributed by atoms with Crippen molar-refractivity contribution < 1.29 is 18.8 Å². The van der Waals surface area contributed by atoms with E-state index in [1.165, 1.54) is 6.07 Å². The molecule has 2 fully saturated rings. The maximum atomic E-state index is 13.9. The topological polar surface area (TPSA) is 60.9 Å². The Kier molecular flexibility index (Phi) is 7.00. The second kappa shape index (κ2) is 9.95. The first-order valence-corrected chi connectivity index (χ1v) is 11.9. The van der Waals surface area contributed by atoms with Gasteiger partial charge in [-0.25, -0.2) is 4.39 Å². The first kappa shape index (κ1) is 23.9. The van der Waals surface area contributed by atoms with E-state index in [1.54, 1.807) is 33.8 Å². The number of likely N-dealkylation sites (tertiary alicyclic amines) is 1.